The minimum absolute atomic E-state index is 0.117. The molecule has 2 aromatic rings. The molecule has 2 N–H and O–H groups in total. The maximum absolute atomic E-state index is 12.5. The molecule has 2 atom stereocenters. The lowest BCUT2D eigenvalue weighted by Gasteiger charge is -2.36. The van der Waals surface area contributed by atoms with E-state index >= 15 is 0 Å². The smallest absolute Gasteiger partial charge is 0.290 e. The Morgan fingerprint density at radius 1 is 1.33 bits per heavy atom. The number of fused-ring (bicyclic) bond motifs is 3. The van der Waals surface area contributed by atoms with Crippen LogP contribution in [0.5, 0.6) is 0 Å². The molecule has 4 rings (SSSR count). The number of piperidine rings is 1. The fourth-order valence-electron chi connectivity index (χ4n) is 3.83. The van der Waals surface area contributed by atoms with E-state index in [2.05, 4.69) is 22.4 Å². The normalized spacial score (nSPS) is 25.8. The molecule has 2 aliphatic heterocycles. The molecule has 2 saturated heterocycles. The number of para-hydroxylation sites is 1. The van der Waals surface area contributed by atoms with Crippen molar-refractivity contribution in [3.63, 3.8) is 0 Å². The van der Waals surface area contributed by atoms with Crippen molar-refractivity contribution in [2.45, 2.75) is 43.8 Å². The van der Waals surface area contributed by atoms with Gasteiger partial charge in [0, 0.05) is 18.1 Å². The van der Waals surface area contributed by atoms with Crippen molar-refractivity contribution in [2.75, 3.05) is 7.05 Å². The van der Waals surface area contributed by atoms with Gasteiger partial charge in [0.25, 0.3) is 12.4 Å². The van der Waals surface area contributed by atoms with Crippen LogP contribution in [0.1, 0.15) is 36.2 Å². The Balaban J connectivity index is 0.000000526. The summed E-state index contributed by atoms with van der Waals surface area (Å²) >= 11 is 0. The molecule has 1 aromatic carbocycles. The number of benzene rings is 1. The zero-order valence-electron chi connectivity index (χ0n) is 13.5. The van der Waals surface area contributed by atoms with Crippen molar-refractivity contribution in [1.29, 1.82) is 0 Å². The average Bonchev–Trinajstić information content (AvgIpc) is 3.07. The van der Waals surface area contributed by atoms with E-state index in [0.717, 1.165) is 18.2 Å². The van der Waals surface area contributed by atoms with E-state index in [1.165, 1.54) is 12.8 Å². The lowest BCUT2D eigenvalue weighted by Crippen LogP contribution is -2.48. The molecule has 24 heavy (non-hydrogen) atoms. The Hall–Kier alpha value is -2.41. The molecule has 7 heteroatoms. The second-order valence-electron chi connectivity index (χ2n) is 6.33. The summed E-state index contributed by atoms with van der Waals surface area (Å²) in [6.07, 6.45) is 4.57. The summed E-state index contributed by atoms with van der Waals surface area (Å²) in [5, 5.41) is 14.8. The van der Waals surface area contributed by atoms with Crippen LogP contribution in [-0.2, 0) is 4.79 Å². The van der Waals surface area contributed by atoms with Crippen molar-refractivity contribution in [3.05, 3.63) is 30.0 Å². The van der Waals surface area contributed by atoms with Crippen LogP contribution in [0.15, 0.2) is 28.8 Å². The summed E-state index contributed by atoms with van der Waals surface area (Å²) in [7, 11) is 2.20. The van der Waals surface area contributed by atoms with Crippen molar-refractivity contribution in [2.24, 2.45) is 0 Å². The SMILES string of the molecule is CN1C2CCC1CC(NC(=O)c1noc3ccccc13)C2.O=CO. The Morgan fingerprint density at radius 2 is 1.96 bits per heavy atom. The number of carbonyl (C=O) groups excluding carboxylic acids is 1. The van der Waals surface area contributed by atoms with Gasteiger partial charge in [-0.05, 0) is 44.9 Å². The Kier molecular flexibility index (Phi) is 4.80. The van der Waals surface area contributed by atoms with Gasteiger partial charge < -0.3 is 19.8 Å². The highest BCUT2D eigenvalue weighted by molar-refractivity contribution is 6.04. The van der Waals surface area contributed by atoms with Gasteiger partial charge in [0.1, 0.15) is 0 Å². The van der Waals surface area contributed by atoms with Crippen LogP contribution in [0.3, 0.4) is 0 Å². The van der Waals surface area contributed by atoms with Gasteiger partial charge in [-0.2, -0.15) is 0 Å². The van der Waals surface area contributed by atoms with Gasteiger partial charge in [0.15, 0.2) is 11.3 Å². The molecule has 1 amide bonds. The minimum Gasteiger partial charge on any atom is -0.483 e. The molecule has 0 spiro atoms. The van der Waals surface area contributed by atoms with Gasteiger partial charge in [-0.15, -0.1) is 0 Å². The molecule has 0 radical (unpaired) electrons. The fourth-order valence-corrected chi connectivity index (χ4v) is 3.83. The monoisotopic (exact) mass is 331 g/mol. The summed E-state index contributed by atoms with van der Waals surface area (Å²) in [6.45, 7) is -0.250. The van der Waals surface area contributed by atoms with Crippen molar-refractivity contribution < 1.29 is 19.2 Å². The number of carboxylic acid groups (broad SMARTS) is 1. The van der Waals surface area contributed by atoms with Crippen LogP contribution in [0.2, 0.25) is 0 Å². The molecular weight excluding hydrogens is 310 g/mol. The Morgan fingerprint density at radius 3 is 2.62 bits per heavy atom. The summed E-state index contributed by atoms with van der Waals surface area (Å²) < 4.78 is 5.21. The summed E-state index contributed by atoms with van der Waals surface area (Å²) in [4.78, 5) is 23.3. The first kappa shape index (κ1) is 16.4. The van der Waals surface area contributed by atoms with E-state index in [1.54, 1.807) is 0 Å². The maximum atomic E-state index is 12.5. The predicted molar refractivity (Wildman–Crippen MR) is 87.8 cm³/mol. The molecule has 128 valence electrons. The van der Waals surface area contributed by atoms with E-state index in [0.29, 0.717) is 23.4 Å². The summed E-state index contributed by atoms with van der Waals surface area (Å²) in [5.74, 6) is -0.117. The van der Waals surface area contributed by atoms with Gasteiger partial charge in [0.2, 0.25) is 0 Å². The first-order valence-electron chi connectivity index (χ1n) is 8.09. The Bertz CT molecular complexity index is 715. The largest absolute Gasteiger partial charge is 0.483 e. The maximum Gasteiger partial charge on any atom is 0.290 e. The van der Waals surface area contributed by atoms with Crippen molar-refractivity contribution in [3.8, 4) is 0 Å². The standard InChI is InChI=1S/C16H19N3O2.CH2O2/c1-19-11-6-7-12(19)9-10(8-11)17-16(20)15-13-4-2-3-5-14(13)21-18-15;2-1-3/h2-5,10-12H,6-9H2,1H3,(H,17,20);1H,(H,2,3). The molecule has 7 nitrogen and oxygen atoms in total. The highest BCUT2D eigenvalue weighted by Gasteiger charge is 2.39. The number of aromatic nitrogens is 1. The first-order chi connectivity index (χ1) is 11.6. The predicted octanol–water partition coefficient (Wildman–Crippen LogP) is 1.88. The van der Waals surface area contributed by atoms with Gasteiger partial charge in [-0.25, -0.2) is 0 Å². The van der Waals surface area contributed by atoms with E-state index in [1.807, 2.05) is 24.3 Å². The van der Waals surface area contributed by atoms with Crippen LogP contribution in [0.4, 0.5) is 0 Å². The van der Waals surface area contributed by atoms with Crippen LogP contribution in [0.25, 0.3) is 11.0 Å². The first-order valence-corrected chi connectivity index (χ1v) is 8.09. The van der Waals surface area contributed by atoms with Crippen LogP contribution in [0, 0.1) is 0 Å². The van der Waals surface area contributed by atoms with Gasteiger partial charge >= 0.3 is 0 Å². The highest BCUT2D eigenvalue weighted by atomic mass is 16.5. The van der Waals surface area contributed by atoms with Crippen molar-refractivity contribution in [1.82, 2.24) is 15.4 Å². The molecule has 2 unspecified atom stereocenters. The number of hydrogen-bond donors (Lipinski definition) is 2. The Labute approximate surface area is 139 Å². The molecule has 3 heterocycles. The summed E-state index contributed by atoms with van der Waals surface area (Å²) in [6, 6.07) is 8.96. The second kappa shape index (κ2) is 7.00. The van der Waals surface area contributed by atoms with Gasteiger partial charge in [-0.1, -0.05) is 17.3 Å². The third kappa shape index (κ3) is 3.12. The quantitative estimate of drug-likeness (QED) is 0.816. The van der Waals surface area contributed by atoms with Crippen LogP contribution in [-0.4, -0.2) is 52.7 Å². The zero-order chi connectivity index (χ0) is 17.1. The topological polar surface area (TPSA) is 95.7 Å². The van der Waals surface area contributed by atoms with E-state index in [9.17, 15) is 4.79 Å². The fraction of sp³-hybridized carbons (Fsp3) is 0.471. The zero-order valence-corrected chi connectivity index (χ0v) is 13.5. The van der Waals surface area contributed by atoms with Gasteiger partial charge in [-0.3, -0.25) is 9.59 Å². The average molecular weight is 331 g/mol. The van der Waals surface area contributed by atoms with Crippen LogP contribution >= 0.6 is 0 Å². The molecule has 2 aliphatic rings. The van der Waals surface area contributed by atoms with E-state index in [4.69, 9.17) is 14.4 Å². The number of rotatable bonds is 2. The third-order valence-corrected chi connectivity index (χ3v) is 5.03. The minimum atomic E-state index is -0.250. The molecule has 0 aliphatic carbocycles. The number of amides is 1. The number of hydrogen-bond acceptors (Lipinski definition) is 5. The van der Waals surface area contributed by atoms with Crippen molar-refractivity contribution >= 4 is 23.3 Å². The lowest BCUT2D eigenvalue weighted by atomic mass is 9.98. The molecule has 2 fully saturated rings. The van der Waals surface area contributed by atoms with E-state index in [-0.39, 0.29) is 18.4 Å². The third-order valence-electron chi connectivity index (χ3n) is 5.03. The molecule has 2 bridgehead atoms. The molecule has 1 aromatic heterocycles. The van der Waals surface area contributed by atoms with Gasteiger partial charge in [0.05, 0.1) is 5.39 Å². The molecular formula is C17H21N3O4. The van der Waals surface area contributed by atoms with Crippen LogP contribution < -0.4 is 5.32 Å². The number of nitrogens with one attached hydrogen (secondary N) is 1. The highest BCUT2D eigenvalue weighted by Crippen LogP contribution is 2.34. The van der Waals surface area contributed by atoms with E-state index < -0.39 is 0 Å². The number of carbonyl (C=O) groups is 2. The summed E-state index contributed by atoms with van der Waals surface area (Å²) in [5.41, 5.74) is 1.06. The lowest BCUT2D eigenvalue weighted by molar-refractivity contribution is -0.122. The molecule has 0 saturated carbocycles. The second-order valence-corrected chi connectivity index (χ2v) is 6.33. The number of nitrogens with zero attached hydrogens (tertiary/aromatic N) is 2.